The average Bonchev–Trinajstić information content (AvgIpc) is 3.16. The molecule has 3 aliphatic heterocycles. The monoisotopic (exact) mass is 377 g/mol. The Morgan fingerprint density at radius 3 is 3.00 bits per heavy atom. The van der Waals surface area contributed by atoms with E-state index in [9.17, 15) is 9.59 Å². The van der Waals surface area contributed by atoms with Crippen LogP contribution in [0.5, 0.6) is 0 Å². The van der Waals surface area contributed by atoms with Crippen molar-refractivity contribution in [2.45, 2.75) is 18.6 Å². The Labute approximate surface area is 142 Å². The Hall–Kier alpha value is -1.66. The second-order valence-corrected chi connectivity index (χ2v) is 6.88. The number of esters is 1. The number of amides is 1. The summed E-state index contributed by atoms with van der Waals surface area (Å²) in [6, 6.07) is 7.56. The lowest BCUT2D eigenvalue weighted by molar-refractivity contribution is -0.151. The maximum absolute atomic E-state index is 13.0. The molecule has 4 atom stereocenters. The van der Waals surface area contributed by atoms with Crippen LogP contribution in [-0.4, -0.2) is 36.7 Å². The van der Waals surface area contributed by atoms with E-state index in [1.807, 2.05) is 36.4 Å². The SMILES string of the molecule is CCOC(=O)[C@H]1[C@H]2C=C[C@@]3(CN(c4ccccc4Br)C(=O)[C@@H]13)O2. The fourth-order valence-electron chi connectivity index (χ4n) is 3.88. The highest BCUT2D eigenvalue weighted by atomic mass is 79.9. The van der Waals surface area contributed by atoms with E-state index in [4.69, 9.17) is 9.47 Å². The molecular formula is C17H16BrNO4. The van der Waals surface area contributed by atoms with Crippen LogP contribution in [0.1, 0.15) is 6.92 Å². The summed E-state index contributed by atoms with van der Waals surface area (Å²) in [6.07, 6.45) is 3.46. The molecule has 6 heteroatoms. The molecule has 0 aromatic heterocycles. The van der Waals surface area contributed by atoms with Crippen molar-refractivity contribution in [1.29, 1.82) is 0 Å². The van der Waals surface area contributed by atoms with Crippen LogP contribution in [0.2, 0.25) is 0 Å². The Morgan fingerprint density at radius 1 is 1.48 bits per heavy atom. The first kappa shape index (κ1) is 14.9. The first-order valence-electron chi connectivity index (χ1n) is 7.67. The molecule has 0 radical (unpaired) electrons. The van der Waals surface area contributed by atoms with Crippen molar-refractivity contribution in [1.82, 2.24) is 0 Å². The van der Waals surface area contributed by atoms with Crippen molar-refractivity contribution in [2.24, 2.45) is 11.8 Å². The van der Waals surface area contributed by atoms with Gasteiger partial charge in [-0.3, -0.25) is 9.59 Å². The van der Waals surface area contributed by atoms with Gasteiger partial charge in [0.15, 0.2) is 0 Å². The summed E-state index contributed by atoms with van der Waals surface area (Å²) in [4.78, 5) is 27.0. The fraction of sp³-hybridized carbons (Fsp3) is 0.412. The molecule has 0 unspecified atom stereocenters. The smallest absolute Gasteiger partial charge is 0.312 e. The molecule has 120 valence electrons. The highest BCUT2D eigenvalue weighted by molar-refractivity contribution is 9.10. The molecular weight excluding hydrogens is 362 g/mol. The molecule has 0 N–H and O–H groups in total. The number of fused-ring (bicyclic) bond motifs is 1. The van der Waals surface area contributed by atoms with E-state index >= 15 is 0 Å². The summed E-state index contributed by atoms with van der Waals surface area (Å²) in [5.41, 5.74) is 0.0818. The zero-order valence-electron chi connectivity index (χ0n) is 12.6. The van der Waals surface area contributed by atoms with Crippen LogP contribution < -0.4 is 4.90 Å². The van der Waals surface area contributed by atoms with Gasteiger partial charge in [0, 0.05) is 4.47 Å². The van der Waals surface area contributed by atoms with Crippen molar-refractivity contribution >= 4 is 33.5 Å². The second kappa shape index (κ2) is 5.18. The number of carbonyl (C=O) groups excluding carboxylic acids is 2. The molecule has 0 saturated carbocycles. The fourth-order valence-corrected chi connectivity index (χ4v) is 4.38. The Bertz CT molecular complexity index is 718. The molecule has 1 spiro atoms. The molecule has 1 amide bonds. The normalized spacial score (nSPS) is 34.1. The zero-order valence-corrected chi connectivity index (χ0v) is 14.2. The van der Waals surface area contributed by atoms with Gasteiger partial charge in [-0.25, -0.2) is 0 Å². The zero-order chi connectivity index (χ0) is 16.2. The molecule has 4 rings (SSSR count). The van der Waals surface area contributed by atoms with E-state index in [-0.39, 0.29) is 18.0 Å². The minimum Gasteiger partial charge on any atom is -0.466 e. The minimum atomic E-state index is -0.714. The van der Waals surface area contributed by atoms with E-state index in [1.165, 1.54) is 0 Å². The van der Waals surface area contributed by atoms with E-state index in [2.05, 4.69) is 15.9 Å². The van der Waals surface area contributed by atoms with E-state index in [0.717, 1.165) is 10.2 Å². The van der Waals surface area contributed by atoms with Gasteiger partial charge in [-0.1, -0.05) is 24.3 Å². The lowest BCUT2D eigenvalue weighted by atomic mass is 9.77. The van der Waals surface area contributed by atoms with Crippen LogP contribution in [0.3, 0.4) is 0 Å². The Balaban J connectivity index is 1.71. The number of benzene rings is 1. The number of ether oxygens (including phenoxy) is 2. The molecule has 23 heavy (non-hydrogen) atoms. The molecule has 5 nitrogen and oxygen atoms in total. The topological polar surface area (TPSA) is 55.8 Å². The number of para-hydroxylation sites is 1. The highest BCUT2D eigenvalue weighted by Gasteiger charge is 2.67. The van der Waals surface area contributed by atoms with Gasteiger partial charge in [0.05, 0.1) is 30.9 Å². The predicted octanol–water partition coefficient (Wildman–Crippen LogP) is 2.30. The van der Waals surface area contributed by atoms with Crippen molar-refractivity contribution in [3.63, 3.8) is 0 Å². The van der Waals surface area contributed by atoms with Crippen molar-refractivity contribution < 1.29 is 19.1 Å². The molecule has 2 bridgehead atoms. The van der Waals surface area contributed by atoms with Gasteiger partial charge in [0.25, 0.3) is 0 Å². The first-order chi connectivity index (χ1) is 11.1. The van der Waals surface area contributed by atoms with Gasteiger partial charge >= 0.3 is 5.97 Å². The van der Waals surface area contributed by atoms with Gasteiger partial charge in [-0.2, -0.15) is 0 Å². The number of anilines is 1. The summed E-state index contributed by atoms with van der Waals surface area (Å²) in [5, 5.41) is 0. The quantitative estimate of drug-likeness (QED) is 0.598. The van der Waals surface area contributed by atoms with E-state index in [0.29, 0.717) is 13.2 Å². The lowest BCUT2D eigenvalue weighted by Gasteiger charge is -2.22. The first-order valence-corrected chi connectivity index (χ1v) is 8.46. The highest BCUT2D eigenvalue weighted by Crippen LogP contribution is 2.53. The van der Waals surface area contributed by atoms with Gasteiger partial charge in [-0.05, 0) is 35.0 Å². The summed E-state index contributed by atoms with van der Waals surface area (Å²) in [5.74, 6) is -1.50. The van der Waals surface area contributed by atoms with Crippen LogP contribution in [0.15, 0.2) is 40.9 Å². The van der Waals surface area contributed by atoms with Crippen LogP contribution in [0, 0.1) is 11.8 Å². The summed E-state index contributed by atoms with van der Waals surface area (Å²) >= 11 is 3.49. The van der Waals surface area contributed by atoms with Crippen LogP contribution >= 0.6 is 15.9 Å². The third kappa shape index (κ3) is 2.01. The lowest BCUT2D eigenvalue weighted by Crippen LogP contribution is -2.40. The molecule has 2 fully saturated rings. The summed E-state index contributed by atoms with van der Waals surface area (Å²) < 4.78 is 12.0. The maximum Gasteiger partial charge on any atom is 0.312 e. The number of carbonyl (C=O) groups is 2. The predicted molar refractivity (Wildman–Crippen MR) is 86.9 cm³/mol. The van der Waals surface area contributed by atoms with E-state index in [1.54, 1.807) is 11.8 Å². The van der Waals surface area contributed by atoms with Crippen molar-refractivity contribution in [3.8, 4) is 0 Å². The molecule has 3 aliphatic rings. The van der Waals surface area contributed by atoms with Crippen LogP contribution in [0.25, 0.3) is 0 Å². The molecule has 2 saturated heterocycles. The van der Waals surface area contributed by atoms with E-state index < -0.39 is 17.4 Å². The Kier molecular flexibility index (Phi) is 3.35. The third-order valence-corrected chi connectivity index (χ3v) is 5.47. The van der Waals surface area contributed by atoms with Gasteiger partial charge in [0.2, 0.25) is 5.91 Å². The number of nitrogens with zero attached hydrogens (tertiary/aromatic N) is 1. The van der Waals surface area contributed by atoms with Crippen molar-refractivity contribution in [3.05, 3.63) is 40.9 Å². The maximum atomic E-state index is 13.0. The van der Waals surface area contributed by atoms with Crippen LogP contribution in [-0.2, 0) is 19.1 Å². The largest absolute Gasteiger partial charge is 0.466 e. The number of halogens is 1. The average molecular weight is 378 g/mol. The standard InChI is InChI=1S/C17H16BrNO4/c1-2-22-16(21)13-12-7-8-17(23-12)9-19(15(20)14(13)17)11-6-4-3-5-10(11)18/h3-8,12-14H,2,9H2,1H3/t12-,13+,14-,17+/m1/s1. The Morgan fingerprint density at radius 2 is 2.26 bits per heavy atom. The number of rotatable bonds is 3. The van der Waals surface area contributed by atoms with Gasteiger partial charge in [-0.15, -0.1) is 0 Å². The minimum absolute atomic E-state index is 0.0817. The van der Waals surface area contributed by atoms with Gasteiger partial charge < -0.3 is 14.4 Å². The van der Waals surface area contributed by atoms with Gasteiger partial charge in [0.1, 0.15) is 11.5 Å². The van der Waals surface area contributed by atoms with Crippen molar-refractivity contribution in [2.75, 3.05) is 18.1 Å². The second-order valence-electron chi connectivity index (χ2n) is 6.03. The molecule has 1 aromatic rings. The number of hydrogen-bond acceptors (Lipinski definition) is 4. The summed E-state index contributed by atoms with van der Waals surface area (Å²) in [6.45, 7) is 2.48. The molecule has 1 aromatic carbocycles. The molecule has 0 aliphatic carbocycles. The number of hydrogen-bond donors (Lipinski definition) is 0. The third-order valence-electron chi connectivity index (χ3n) is 4.80. The summed E-state index contributed by atoms with van der Waals surface area (Å²) in [7, 11) is 0. The molecule has 3 heterocycles. The van der Waals surface area contributed by atoms with Crippen LogP contribution in [0.4, 0.5) is 5.69 Å².